The molecule has 0 aliphatic heterocycles. The highest BCUT2D eigenvalue weighted by molar-refractivity contribution is 5.76. The number of benzene rings is 1. The molecular formula is C15H19NO2. The van der Waals surface area contributed by atoms with E-state index in [1.54, 1.807) is 0 Å². The van der Waals surface area contributed by atoms with Gasteiger partial charge in [0.2, 0.25) is 0 Å². The van der Waals surface area contributed by atoms with Gasteiger partial charge in [0.25, 0.3) is 0 Å². The van der Waals surface area contributed by atoms with Crippen molar-refractivity contribution in [1.82, 2.24) is 0 Å². The fourth-order valence-electron chi connectivity index (χ4n) is 4.15. The van der Waals surface area contributed by atoms with E-state index in [0.717, 1.165) is 19.3 Å². The van der Waals surface area contributed by atoms with Gasteiger partial charge in [-0.3, -0.25) is 4.79 Å². The smallest absolute Gasteiger partial charge is 0.321 e. The molecule has 3 fully saturated rings. The second-order valence-electron chi connectivity index (χ2n) is 6.31. The topological polar surface area (TPSA) is 63.3 Å². The Balaban J connectivity index is 1.82. The van der Waals surface area contributed by atoms with E-state index in [-0.39, 0.29) is 10.8 Å². The summed E-state index contributed by atoms with van der Waals surface area (Å²) in [5.41, 5.74) is 9.90. The van der Waals surface area contributed by atoms with Crippen LogP contribution in [-0.2, 0) is 10.2 Å². The van der Waals surface area contributed by atoms with Crippen LogP contribution in [0.3, 0.4) is 0 Å². The van der Waals surface area contributed by atoms with Gasteiger partial charge in [0.05, 0.1) is 0 Å². The molecule has 3 saturated carbocycles. The van der Waals surface area contributed by atoms with Crippen molar-refractivity contribution < 1.29 is 9.90 Å². The maximum atomic E-state index is 11.0. The maximum Gasteiger partial charge on any atom is 0.321 e. The first-order valence-corrected chi connectivity index (χ1v) is 6.45. The molecule has 0 saturated heterocycles. The first-order chi connectivity index (χ1) is 8.39. The highest BCUT2D eigenvalue weighted by atomic mass is 16.4. The predicted molar refractivity (Wildman–Crippen MR) is 69.5 cm³/mol. The second-order valence-corrected chi connectivity index (χ2v) is 6.31. The van der Waals surface area contributed by atoms with Gasteiger partial charge in [0, 0.05) is 0 Å². The highest BCUT2D eigenvalue weighted by Crippen LogP contribution is 2.74. The van der Waals surface area contributed by atoms with Crippen LogP contribution in [0.4, 0.5) is 0 Å². The van der Waals surface area contributed by atoms with Crippen molar-refractivity contribution in [3.8, 4) is 0 Å². The zero-order chi connectivity index (χ0) is 13.1. The molecule has 4 rings (SSSR count). The standard InChI is InChI=1S/C15H19NO2/c1-9-3-4-11(10(2)5-9)14-6-15(7-14,8-14)12(16)13(17)18/h3-5,12H,6-8,16H2,1-2H3,(H,17,18). The Hall–Kier alpha value is -1.35. The Morgan fingerprint density at radius 3 is 2.44 bits per heavy atom. The molecule has 3 aliphatic carbocycles. The van der Waals surface area contributed by atoms with Gasteiger partial charge in [0.15, 0.2) is 0 Å². The minimum absolute atomic E-state index is 0.122. The molecule has 0 spiro atoms. The summed E-state index contributed by atoms with van der Waals surface area (Å²) < 4.78 is 0. The third kappa shape index (κ3) is 1.31. The Labute approximate surface area is 107 Å². The molecule has 0 amide bonds. The van der Waals surface area contributed by atoms with Gasteiger partial charge in [-0.2, -0.15) is 0 Å². The monoisotopic (exact) mass is 245 g/mol. The van der Waals surface area contributed by atoms with E-state index in [1.807, 2.05) is 0 Å². The molecule has 2 bridgehead atoms. The molecule has 3 aliphatic rings. The number of aryl methyl sites for hydroxylation is 2. The first-order valence-electron chi connectivity index (χ1n) is 6.45. The Morgan fingerprint density at radius 1 is 1.33 bits per heavy atom. The maximum absolute atomic E-state index is 11.0. The molecule has 0 heterocycles. The van der Waals surface area contributed by atoms with Crippen LogP contribution in [0.25, 0.3) is 0 Å². The van der Waals surface area contributed by atoms with Crippen LogP contribution in [0.2, 0.25) is 0 Å². The van der Waals surface area contributed by atoms with Crippen molar-refractivity contribution in [3.63, 3.8) is 0 Å². The summed E-state index contributed by atoms with van der Waals surface area (Å²) in [6, 6.07) is 5.87. The molecule has 18 heavy (non-hydrogen) atoms. The zero-order valence-electron chi connectivity index (χ0n) is 10.9. The molecule has 0 radical (unpaired) electrons. The largest absolute Gasteiger partial charge is 0.480 e. The fourth-order valence-corrected chi connectivity index (χ4v) is 4.15. The molecule has 0 aromatic heterocycles. The van der Waals surface area contributed by atoms with E-state index in [2.05, 4.69) is 32.0 Å². The molecule has 1 aromatic carbocycles. The van der Waals surface area contributed by atoms with Crippen LogP contribution in [-0.4, -0.2) is 17.1 Å². The molecule has 3 heteroatoms. The van der Waals surface area contributed by atoms with E-state index in [4.69, 9.17) is 10.8 Å². The van der Waals surface area contributed by atoms with Crippen LogP contribution < -0.4 is 5.73 Å². The minimum atomic E-state index is -0.857. The van der Waals surface area contributed by atoms with Crippen molar-refractivity contribution in [1.29, 1.82) is 0 Å². The lowest BCUT2D eigenvalue weighted by Crippen LogP contribution is -2.72. The molecular weight excluding hydrogens is 226 g/mol. The lowest BCUT2D eigenvalue weighted by atomic mass is 9.31. The van der Waals surface area contributed by atoms with Crippen LogP contribution >= 0.6 is 0 Å². The van der Waals surface area contributed by atoms with Crippen LogP contribution in [0.5, 0.6) is 0 Å². The zero-order valence-corrected chi connectivity index (χ0v) is 10.9. The molecule has 1 unspecified atom stereocenters. The number of hydrogen-bond donors (Lipinski definition) is 2. The van der Waals surface area contributed by atoms with Gasteiger partial charge in [-0.25, -0.2) is 0 Å². The second kappa shape index (κ2) is 3.35. The summed E-state index contributed by atoms with van der Waals surface area (Å²) in [5.74, 6) is -0.857. The van der Waals surface area contributed by atoms with Crippen LogP contribution in [0, 0.1) is 19.3 Å². The summed E-state index contributed by atoms with van der Waals surface area (Å²) in [4.78, 5) is 11.0. The van der Waals surface area contributed by atoms with E-state index in [0.29, 0.717) is 0 Å². The van der Waals surface area contributed by atoms with E-state index >= 15 is 0 Å². The average Bonchev–Trinajstić information content (AvgIpc) is 2.16. The summed E-state index contributed by atoms with van der Waals surface area (Å²) >= 11 is 0. The van der Waals surface area contributed by atoms with Gasteiger partial charge in [-0.05, 0) is 55.1 Å². The van der Waals surface area contributed by atoms with Gasteiger partial charge in [-0.1, -0.05) is 23.8 Å². The summed E-state index contributed by atoms with van der Waals surface area (Å²) in [6.45, 7) is 4.24. The number of hydrogen-bond acceptors (Lipinski definition) is 2. The summed E-state index contributed by atoms with van der Waals surface area (Å²) in [5, 5.41) is 9.03. The van der Waals surface area contributed by atoms with Crippen molar-refractivity contribution in [2.45, 2.75) is 44.6 Å². The van der Waals surface area contributed by atoms with Crippen LogP contribution in [0.15, 0.2) is 18.2 Å². The quantitative estimate of drug-likeness (QED) is 0.857. The number of rotatable bonds is 3. The lowest BCUT2D eigenvalue weighted by molar-refractivity contribution is -0.179. The van der Waals surface area contributed by atoms with Crippen molar-refractivity contribution >= 4 is 5.97 Å². The van der Waals surface area contributed by atoms with Gasteiger partial charge >= 0.3 is 5.97 Å². The molecule has 3 N–H and O–H groups in total. The number of nitrogens with two attached hydrogens (primary N) is 1. The van der Waals surface area contributed by atoms with Gasteiger partial charge < -0.3 is 10.8 Å². The van der Waals surface area contributed by atoms with Crippen LogP contribution in [0.1, 0.15) is 36.0 Å². The number of carboxylic acid groups (broad SMARTS) is 1. The van der Waals surface area contributed by atoms with E-state index in [9.17, 15) is 4.79 Å². The highest BCUT2D eigenvalue weighted by Gasteiger charge is 2.71. The van der Waals surface area contributed by atoms with Crippen molar-refractivity contribution in [2.24, 2.45) is 11.1 Å². The Bertz CT molecular complexity index is 516. The number of carboxylic acids is 1. The lowest BCUT2D eigenvalue weighted by Gasteiger charge is -2.72. The van der Waals surface area contributed by atoms with Crippen molar-refractivity contribution in [2.75, 3.05) is 0 Å². The summed E-state index contributed by atoms with van der Waals surface area (Å²) in [7, 11) is 0. The SMILES string of the molecule is Cc1ccc(C23CC(C(N)C(=O)O)(C2)C3)c(C)c1. The number of carbonyl (C=O) groups is 1. The third-order valence-electron chi connectivity index (χ3n) is 4.95. The van der Waals surface area contributed by atoms with Gasteiger partial charge in [0.1, 0.15) is 6.04 Å². The van der Waals surface area contributed by atoms with Crippen molar-refractivity contribution in [3.05, 3.63) is 34.9 Å². The normalized spacial score (nSPS) is 34.4. The molecule has 1 atom stereocenters. The third-order valence-corrected chi connectivity index (χ3v) is 4.95. The first kappa shape index (κ1) is 11.7. The Kier molecular flexibility index (Phi) is 2.18. The van der Waals surface area contributed by atoms with E-state index in [1.165, 1.54) is 16.7 Å². The fraction of sp³-hybridized carbons (Fsp3) is 0.533. The molecule has 1 aromatic rings. The Morgan fingerprint density at radius 2 is 1.94 bits per heavy atom. The molecule has 96 valence electrons. The van der Waals surface area contributed by atoms with Gasteiger partial charge in [-0.15, -0.1) is 0 Å². The van der Waals surface area contributed by atoms with E-state index < -0.39 is 12.0 Å². The molecule has 3 nitrogen and oxygen atoms in total. The number of aliphatic carboxylic acids is 1. The average molecular weight is 245 g/mol. The summed E-state index contributed by atoms with van der Waals surface area (Å²) in [6.07, 6.45) is 2.83. The minimum Gasteiger partial charge on any atom is -0.480 e. The predicted octanol–water partition coefficient (Wildman–Crippen LogP) is 2.14.